The lowest BCUT2D eigenvalue weighted by molar-refractivity contribution is 0.0916. The second kappa shape index (κ2) is 5.56. The van der Waals surface area contributed by atoms with Crippen molar-refractivity contribution in [3.8, 4) is 0 Å². The van der Waals surface area contributed by atoms with E-state index in [2.05, 4.69) is 5.32 Å². The summed E-state index contributed by atoms with van der Waals surface area (Å²) >= 11 is 0. The Morgan fingerprint density at radius 1 is 1.60 bits per heavy atom. The molecule has 0 aliphatic rings. The number of nitrogens with one attached hydrogen (secondary N) is 1. The molecule has 1 heterocycles. The third-order valence-corrected chi connectivity index (χ3v) is 2.20. The summed E-state index contributed by atoms with van der Waals surface area (Å²) in [7, 11) is 0. The Bertz CT molecular complexity index is 319. The molecular formula is C11H17NO3. The summed E-state index contributed by atoms with van der Waals surface area (Å²) in [5, 5.41) is 11.4. The Morgan fingerprint density at radius 2 is 2.33 bits per heavy atom. The summed E-state index contributed by atoms with van der Waals surface area (Å²) in [6.07, 6.45) is 0.692. The molecule has 0 fully saturated rings. The average molecular weight is 211 g/mol. The monoisotopic (exact) mass is 211 g/mol. The molecule has 0 saturated carbocycles. The minimum atomic E-state index is -0.201. The molecule has 4 nitrogen and oxygen atoms in total. The van der Waals surface area contributed by atoms with Gasteiger partial charge in [0.1, 0.15) is 5.76 Å². The van der Waals surface area contributed by atoms with Gasteiger partial charge < -0.3 is 14.8 Å². The van der Waals surface area contributed by atoms with Gasteiger partial charge in [0.2, 0.25) is 0 Å². The molecule has 0 radical (unpaired) electrons. The number of carbonyl (C=O) groups excluding carboxylic acids is 1. The van der Waals surface area contributed by atoms with Crippen LogP contribution in [0.15, 0.2) is 16.5 Å². The number of furan rings is 1. The van der Waals surface area contributed by atoms with Crippen LogP contribution in [-0.2, 0) is 0 Å². The van der Waals surface area contributed by atoms with Crippen molar-refractivity contribution in [2.45, 2.75) is 20.3 Å². The Balaban J connectivity index is 2.36. The average Bonchev–Trinajstić information content (AvgIpc) is 2.62. The molecule has 0 bridgehead atoms. The minimum absolute atomic E-state index is 0.150. The molecule has 1 unspecified atom stereocenters. The first-order valence-corrected chi connectivity index (χ1v) is 5.09. The van der Waals surface area contributed by atoms with Crippen molar-refractivity contribution in [2.75, 3.05) is 13.2 Å². The summed E-state index contributed by atoms with van der Waals surface area (Å²) in [5.41, 5.74) is 0. The summed E-state index contributed by atoms with van der Waals surface area (Å²) in [4.78, 5) is 11.5. The summed E-state index contributed by atoms with van der Waals surface area (Å²) < 4.78 is 5.18. The fourth-order valence-corrected chi connectivity index (χ4v) is 1.23. The van der Waals surface area contributed by atoms with Crippen molar-refractivity contribution in [1.29, 1.82) is 0 Å². The second-order valence-electron chi connectivity index (χ2n) is 3.74. The Hall–Kier alpha value is -1.29. The van der Waals surface area contributed by atoms with E-state index in [1.54, 1.807) is 19.1 Å². The highest BCUT2D eigenvalue weighted by atomic mass is 16.3. The van der Waals surface area contributed by atoms with Crippen LogP contribution in [0.5, 0.6) is 0 Å². The normalized spacial score (nSPS) is 12.5. The van der Waals surface area contributed by atoms with Gasteiger partial charge in [0.15, 0.2) is 5.76 Å². The lowest BCUT2D eigenvalue weighted by Gasteiger charge is -2.09. The molecule has 15 heavy (non-hydrogen) atoms. The van der Waals surface area contributed by atoms with E-state index in [1.165, 1.54) is 0 Å². The Kier molecular flexibility index (Phi) is 4.37. The van der Waals surface area contributed by atoms with Crippen LogP contribution in [0.4, 0.5) is 0 Å². The fourth-order valence-electron chi connectivity index (χ4n) is 1.23. The quantitative estimate of drug-likeness (QED) is 0.772. The Labute approximate surface area is 89.3 Å². The van der Waals surface area contributed by atoms with Crippen LogP contribution in [0.2, 0.25) is 0 Å². The van der Waals surface area contributed by atoms with E-state index in [0.717, 1.165) is 5.76 Å². The molecule has 2 N–H and O–H groups in total. The van der Waals surface area contributed by atoms with Crippen molar-refractivity contribution < 1.29 is 14.3 Å². The van der Waals surface area contributed by atoms with Gasteiger partial charge in [-0.1, -0.05) is 6.92 Å². The number of carbonyl (C=O) groups is 1. The van der Waals surface area contributed by atoms with Crippen LogP contribution in [0.1, 0.15) is 29.7 Å². The van der Waals surface area contributed by atoms with Crippen LogP contribution in [0.25, 0.3) is 0 Å². The minimum Gasteiger partial charge on any atom is -0.456 e. The highest BCUT2D eigenvalue weighted by Gasteiger charge is 2.10. The van der Waals surface area contributed by atoms with Gasteiger partial charge in [-0.25, -0.2) is 0 Å². The Morgan fingerprint density at radius 3 is 2.87 bits per heavy atom. The lowest BCUT2D eigenvalue weighted by atomic mass is 10.1. The van der Waals surface area contributed by atoms with Crippen molar-refractivity contribution in [1.82, 2.24) is 5.32 Å². The zero-order valence-corrected chi connectivity index (χ0v) is 9.12. The molecule has 84 valence electrons. The third-order valence-electron chi connectivity index (χ3n) is 2.20. The standard InChI is InChI=1S/C11H17NO3/c1-8(5-6-13)7-12-11(14)10-4-3-9(2)15-10/h3-4,8,13H,5-7H2,1-2H3,(H,12,14). The van der Waals surface area contributed by atoms with Gasteiger partial charge in [-0.05, 0) is 31.4 Å². The first kappa shape index (κ1) is 11.8. The first-order valence-electron chi connectivity index (χ1n) is 5.09. The molecule has 1 atom stereocenters. The zero-order chi connectivity index (χ0) is 11.3. The molecule has 1 rings (SSSR count). The van der Waals surface area contributed by atoms with Crippen LogP contribution in [0.3, 0.4) is 0 Å². The van der Waals surface area contributed by atoms with Crippen LogP contribution >= 0.6 is 0 Å². The maximum Gasteiger partial charge on any atom is 0.287 e. The maximum atomic E-state index is 11.5. The van der Waals surface area contributed by atoms with Crippen LogP contribution in [0, 0.1) is 12.8 Å². The second-order valence-corrected chi connectivity index (χ2v) is 3.74. The third kappa shape index (κ3) is 3.75. The predicted molar refractivity (Wildman–Crippen MR) is 56.6 cm³/mol. The topological polar surface area (TPSA) is 62.5 Å². The van der Waals surface area contributed by atoms with Gasteiger partial charge in [-0.2, -0.15) is 0 Å². The van der Waals surface area contributed by atoms with Gasteiger partial charge >= 0.3 is 0 Å². The van der Waals surface area contributed by atoms with E-state index in [9.17, 15) is 4.79 Å². The molecule has 4 heteroatoms. The predicted octanol–water partition coefficient (Wildman–Crippen LogP) is 1.34. The number of rotatable bonds is 5. The van der Waals surface area contributed by atoms with E-state index in [-0.39, 0.29) is 18.4 Å². The van der Waals surface area contributed by atoms with Gasteiger partial charge in [0.25, 0.3) is 5.91 Å². The van der Waals surface area contributed by atoms with Gasteiger partial charge in [0.05, 0.1) is 0 Å². The molecule has 0 aliphatic carbocycles. The summed E-state index contributed by atoms with van der Waals surface area (Å²) in [6.45, 7) is 4.48. The number of amides is 1. The van der Waals surface area contributed by atoms with E-state index < -0.39 is 0 Å². The summed E-state index contributed by atoms with van der Waals surface area (Å²) in [6, 6.07) is 3.41. The van der Waals surface area contributed by atoms with Crippen molar-refractivity contribution in [3.05, 3.63) is 23.7 Å². The van der Waals surface area contributed by atoms with E-state index in [1.807, 2.05) is 6.92 Å². The zero-order valence-electron chi connectivity index (χ0n) is 9.12. The molecule has 0 aliphatic heterocycles. The largest absolute Gasteiger partial charge is 0.456 e. The van der Waals surface area contributed by atoms with Crippen molar-refractivity contribution in [3.63, 3.8) is 0 Å². The molecule has 0 spiro atoms. The smallest absolute Gasteiger partial charge is 0.287 e. The van der Waals surface area contributed by atoms with Crippen LogP contribution in [-0.4, -0.2) is 24.2 Å². The highest BCUT2D eigenvalue weighted by Crippen LogP contribution is 2.06. The van der Waals surface area contributed by atoms with Gasteiger partial charge in [-0.3, -0.25) is 4.79 Å². The van der Waals surface area contributed by atoms with E-state index in [0.29, 0.717) is 18.7 Å². The van der Waals surface area contributed by atoms with Crippen molar-refractivity contribution in [2.24, 2.45) is 5.92 Å². The number of aryl methyl sites for hydroxylation is 1. The van der Waals surface area contributed by atoms with Crippen molar-refractivity contribution >= 4 is 5.91 Å². The number of hydrogen-bond donors (Lipinski definition) is 2. The van der Waals surface area contributed by atoms with Crippen LogP contribution < -0.4 is 5.32 Å². The van der Waals surface area contributed by atoms with E-state index in [4.69, 9.17) is 9.52 Å². The first-order chi connectivity index (χ1) is 7.13. The van der Waals surface area contributed by atoms with Gasteiger partial charge in [-0.15, -0.1) is 0 Å². The molecule has 1 amide bonds. The lowest BCUT2D eigenvalue weighted by Crippen LogP contribution is -2.28. The maximum absolute atomic E-state index is 11.5. The fraction of sp³-hybridized carbons (Fsp3) is 0.545. The molecule has 0 aromatic carbocycles. The molecule has 1 aromatic heterocycles. The van der Waals surface area contributed by atoms with E-state index >= 15 is 0 Å². The molecule has 1 aromatic rings. The molecule has 0 saturated heterocycles. The highest BCUT2D eigenvalue weighted by molar-refractivity contribution is 5.91. The molecular weight excluding hydrogens is 194 g/mol. The summed E-state index contributed by atoms with van der Waals surface area (Å²) in [5.74, 6) is 1.13. The van der Waals surface area contributed by atoms with Gasteiger partial charge in [0, 0.05) is 13.2 Å². The number of aliphatic hydroxyl groups excluding tert-OH is 1. The SMILES string of the molecule is Cc1ccc(C(=O)NCC(C)CCO)o1. The number of aliphatic hydroxyl groups is 1. The number of hydrogen-bond acceptors (Lipinski definition) is 3.